The van der Waals surface area contributed by atoms with Crippen molar-refractivity contribution in [2.24, 2.45) is 0 Å². The van der Waals surface area contributed by atoms with Crippen molar-refractivity contribution >= 4 is 5.78 Å². The molecule has 0 spiro atoms. The number of halogens is 5. The lowest BCUT2D eigenvalue weighted by Gasteiger charge is -2.18. The molecule has 0 bridgehead atoms. The van der Waals surface area contributed by atoms with Gasteiger partial charge in [0, 0.05) is 5.57 Å². The Labute approximate surface area is 82.7 Å². The third-order valence-corrected chi connectivity index (χ3v) is 1.43. The molecule has 0 aromatic carbocycles. The monoisotopic (exact) mass is 232 g/mol. The van der Waals surface area contributed by atoms with E-state index >= 15 is 0 Å². The van der Waals surface area contributed by atoms with Gasteiger partial charge in [0.15, 0.2) is 0 Å². The van der Waals surface area contributed by atoms with Crippen molar-refractivity contribution in [3.8, 4) is 0 Å². The fourth-order valence-corrected chi connectivity index (χ4v) is 0.638. The van der Waals surface area contributed by atoms with Crippen LogP contribution in [0, 0.1) is 0 Å². The number of hydrogen-bond acceptors (Lipinski definition) is 2. The van der Waals surface area contributed by atoms with Crippen LogP contribution in [-0.2, 0) is 9.53 Å². The van der Waals surface area contributed by atoms with Gasteiger partial charge in [0.2, 0.25) is 5.78 Å². The first-order valence-corrected chi connectivity index (χ1v) is 3.92. The molecule has 0 N–H and O–H groups in total. The zero-order chi connectivity index (χ0) is 12.3. The second kappa shape index (κ2) is 4.59. The number of Topliss-reactive ketones (excluding diaryl/α,β-unsaturated/α-hetero) is 1. The molecule has 0 aromatic heterocycles. The van der Waals surface area contributed by atoms with Crippen molar-refractivity contribution in [1.82, 2.24) is 0 Å². The molecule has 7 heteroatoms. The summed E-state index contributed by atoms with van der Waals surface area (Å²) in [7, 11) is 0. The van der Waals surface area contributed by atoms with Gasteiger partial charge in [-0.15, -0.1) is 0 Å². The van der Waals surface area contributed by atoms with Crippen LogP contribution in [0.2, 0.25) is 0 Å². The molecule has 0 saturated heterocycles. The second-order valence-electron chi connectivity index (χ2n) is 2.66. The van der Waals surface area contributed by atoms with Crippen LogP contribution in [0.25, 0.3) is 0 Å². The van der Waals surface area contributed by atoms with Crippen LogP contribution in [0.3, 0.4) is 0 Å². The average Bonchev–Trinajstić information content (AvgIpc) is 2.10. The summed E-state index contributed by atoms with van der Waals surface area (Å²) in [5, 5.41) is 0. The van der Waals surface area contributed by atoms with Crippen LogP contribution in [0.4, 0.5) is 22.0 Å². The number of ether oxygens (including phenoxy) is 1. The number of alkyl halides is 5. The number of carbonyl (C=O) groups excluding carboxylic acids is 1. The fourth-order valence-electron chi connectivity index (χ4n) is 0.638. The molecule has 2 nitrogen and oxygen atoms in total. The minimum Gasteiger partial charge on any atom is -0.501 e. The summed E-state index contributed by atoms with van der Waals surface area (Å²) in [6.07, 6.45) is -5.30. The molecule has 0 radical (unpaired) electrons. The summed E-state index contributed by atoms with van der Waals surface area (Å²) in [5.41, 5.74) is -0.779. The number of ketones is 1. The van der Waals surface area contributed by atoms with Crippen LogP contribution < -0.4 is 0 Å². The summed E-state index contributed by atoms with van der Waals surface area (Å²) < 4.78 is 64.5. The first-order valence-electron chi connectivity index (χ1n) is 3.92. The van der Waals surface area contributed by atoms with E-state index in [1.54, 1.807) is 0 Å². The molecule has 88 valence electrons. The van der Waals surface area contributed by atoms with Gasteiger partial charge in [-0.1, -0.05) is 0 Å². The molecule has 0 unspecified atom stereocenters. The topological polar surface area (TPSA) is 26.3 Å². The molecule has 0 amide bonds. The van der Waals surface area contributed by atoms with Gasteiger partial charge in [-0.05, 0) is 13.8 Å². The molecular formula is C8H9F5O2. The van der Waals surface area contributed by atoms with Crippen LogP contribution in [0.5, 0.6) is 0 Å². The van der Waals surface area contributed by atoms with Gasteiger partial charge in [0.1, 0.15) is 0 Å². The van der Waals surface area contributed by atoms with E-state index < -0.39 is 23.5 Å². The number of rotatable bonds is 4. The van der Waals surface area contributed by atoms with Gasteiger partial charge >= 0.3 is 12.1 Å². The summed E-state index contributed by atoms with van der Waals surface area (Å²) >= 11 is 0. The molecule has 0 heterocycles. The average molecular weight is 232 g/mol. The smallest absolute Gasteiger partial charge is 0.461 e. The van der Waals surface area contributed by atoms with Crippen LogP contribution >= 0.6 is 0 Å². The van der Waals surface area contributed by atoms with Gasteiger partial charge < -0.3 is 4.74 Å². The highest BCUT2D eigenvalue weighted by Gasteiger charge is 2.63. The van der Waals surface area contributed by atoms with E-state index in [1.165, 1.54) is 6.92 Å². The van der Waals surface area contributed by atoms with Crippen LogP contribution in [0.15, 0.2) is 11.8 Å². The van der Waals surface area contributed by atoms with E-state index in [1.807, 2.05) is 0 Å². The lowest BCUT2D eigenvalue weighted by atomic mass is 10.1. The van der Waals surface area contributed by atoms with Crippen LogP contribution in [0.1, 0.15) is 13.8 Å². The van der Waals surface area contributed by atoms with Gasteiger partial charge in [0.05, 0.1) is 12.9 Å². The van der Waals surface area contributed by atoms with E-state index in [-0.39, 0.29) is 6.61 Å². The molecular weight excluding hydrogens is 223 g/mol. The third-order valence-electron chi connectivity index (χ3n) is 1.43. The number of carbonyl (C=O) groups is 1. The van der Waals surface area contributed by atoms with Gasteiger partial charge in [-0.3, -0.25) is 4.79 Å². The van der Waals surface area contributed by atoms with Crippen molar-refractivity contribution in [1.29, 1.82) is 0 Å². The van der Waals surface area contributed by atoms with Crippen molar-refractivity contribution in [3.05, 3.63) is 11.8 Å². The highest BCUT2D eigenvalue weighted by molar-refractivity contribution is 6.00. The van der Waals surface area contributed by atoms with E-state index in [4.69, 9.17) is 0 Å². The van der Waals surface area contributed by atoms with Crippen molar-refractivity contribution in [2.45, 2.75) is 25.9 Å². The van der Waals surface area contributed by atoms with Crippen molar-refractivity contribution < 1.29 is 31.5 Å². The summed E-state index contributed by atoms with van der Waals surface area (Å²) in [5.74, 6) is -7.67. The first-order chi connectivity index (χ1) is 6.64. The lowest BCUT2D eigenvalue weighted by Crippen LogP contribution is -2.44. The van der Waals surface area contributed by atoms with E-state index in [0.717, 1.165) is 6.92 Å². The van der Waals surface area contributed by atoms with Crippen LogP contribution in [-0.4, -0.2) is 24.5 Å². The van der Waals surface area contributed by atoms with E-state index in [9.17, 15) is 26.7 Å². The molecule has 0 saturated carbocycles. The summed E-state index contributed by atoms with van der Waals surface area (Å²) in [6, 6.07) is 0. The summed E-state index contributed by atoms with van der Waals surface area (Å²) in [6.45, 7) is 2.40. The normalized spacial score (nSPS) is 13.9. The van der Waals surface area contributed by atoms with Gasteiger partial charge in [-0.25, -0.2) is 0 Å². The molecule has 0 aromatic rings. The maximum absolute atomic E-state index is 12.4. The lowest BCUT2D eigenvalue weighted by molar-refractivity contribution is -0.266. The van der Waals surface area contributed by atoms with Gasteiger partial charge in [0.25, 0.3) is 0 Å². The van der Waals surface area contributed by atoms with Crippen molar-refractivity contribution in [2.75, 3.05) is 6.61 Å². The SMILES string of the molecule is CCOC=C(C)C(=O)C(F)(F)C(F)(F)F. The molecule has 15 heavy (non-hydrogen) atoms. The zero-order valence-corrected chi connectivity index (χ0v) is 7.99. The summed E-state index contributed by atoms with van der Waals surface area (Å²) in [4.78, 5) is 10.7. The Hall–Kier alpha value is -1.14. The fraction of sp³-hybridized carbons (Fsp3) is 0.625. The Morgan fingerprint density at radius 1 is 1.27 bits per heavy atom. The van der Waals surface area contributed by atoms with Crippen molar-refractivity contribution in [3.63, 3.8) is 0 Å². The minimum atomic E-state index is -5.88. The predicted molar refractivity (Wildman–Crippen MR) is 41.4 cm³/mol. The first kappa shape index (κ1) is 13.9. The van der Waals surface area contributed by atoms with E-state index in [0.29, 0.717) is 6.26 Å². The molecule has 0 rings (SSSR count). The Morgan fingerprint density at radius 3 is 2.07 bits per heavy atom. The quantitative estimate of drug-likeness (QED) is 0.423. The van der Waals surface area contributed by atoms with Gasteiger partial charge in [-0.2, -0.15) is 22.0 Å². The molecule has 0 aliphatic rings. The highest BCUT2D eigenvalue weighted by atomic mass is 19.4. The largest absolute Gasteiger partial charge is 0.501 e. The Bertz CT molecular complexity index is 267. The molecule has 0 atom stereocenters. The maximum atomic E-state index is 12.4. The zero-order valence-electron chi connectivity index (χ0n) is 7.99. The maximum Gasteiger partial charge on any atom is 0.461 e. The Balaban J connectivity index is 4.86. The third kappa shape index (κ3) is 3.17. The Kier molecular flexibility index (Phi) is 4.24. The molecule has 0 fully saturated rings. The van der Waals surface area contributed by atoms with E-state index in [2.05, 4.69) is 4.74 Å². The standard InChI is InChI=1S/C8H9F5O2/c1-3-15-4-5(2)6(14)7(9,10)8(11,12)13/h4H,3H2,1-2H3. The minimum absolute atomic E-state index is 0.0716. The second-order valence-corrected chi connectivity index (χ2v) is 2.66. The molecule has 0 aliphatic heterocycles. The number of allylic oxidation sites excluding steroid dienone is 1. The highest BCUT2D eigenvalue weighted by Crippen LogP contribution is 2.37. The number of hydrogen-bond donors (Lipinski definition) is 0. The molecule has 0 aliphatic carbocycles. The Morgan fingerprint density at radius 2 is 1.73 bits per heavy atom. The predicted octanol–water partition coefficient (Wildman–Crippen LogP) is 2.69.